The predicted molar refractivity (Wildman–Crippen MR) is 112 cm³/mol. The maximum absolute atomic E-state index is 12.6. The summed E-state index contributed by atoms with van der Waals surface area (Å²) in [4.78, 5) is 22.4. The monoisotopic (exact) mass is 488 g/mol. The Morgan fingerprint density at radius 2 is 1.91 bits per heavy atom. The average molecular weight is 489 g/mol. The largest absolute Gasteiger partial charge is 0.476 e. The number of rotatable bonds is 10. The number of carbonyl (C=O) groups excluding carboxylic acids is 1. The van der Waals surface area contributed by atoms with Gasteiger partial charge in [0.05, 0.1) is 19.3 Å². The highest BCUT2D eigenvalue weighted by atomic mass is 35.5. The van der Waals surface area contributed by atoms with Gasteiger partial charge in [-0.05, 0) is 31.7 Å². The predicted octanol–water partition coefficient (Wildman–Crippen LogP) is 3.82. The van der Waals surface area contributed by atoms with Gasteiger partial charge in [0, 0.05) is 24.7 Å². The molecule has 1 saturated carbocycles. The van der Waals surface area contributed by atoms with E-state index in [1.54, 1.807) is 0 Å². The van der Waals surface area contributed by atoms with Gasteiger partial charge in [0.15, 0.2) is 5.02 Å². The van der Waals surface area contributed by atoms with Crippen molar-refractivity contribution in [2.45, 2.75) is 51.6 Å². The molecule has 180 valence electrons. The molecule has 1 fully saturated rings. The van der Waals surface area contributed by atoms with Crippen LogP contribution >= 0.6 is 11.6 Å². The molecule has 1 aliphatic rings. The zero-order chi connectivity index (χ0) is 24.0. The molecule has 12 heteroatoms. The molecule has 2 aromatic heterocycles. The van der Waals surface area contributed by atoms with Gasteiger partial charge in [-0.25, -0.2) is 9.97 Å². The SMILES string of the molecule is CC(=O)N[C@@H](C)CO[C@H]1C[C@H](COc2ncnc(OCc3ccc(C(F)(F)F)nc3)c2Cl)C1. The topological polar surface area (TPSA) is 95.5 Å². The second kappa shape index (κ2) is 11.0. The summed E-state index contributed by atoms with van der Waals surface area (Å²) in [7, 11) is 0. The van der Waals surface area contributed by atoms with Crippen LogP contribution in [0.25, 0.3) is 0 Å². The molecule has 1 atom stereocenters. The number of nitrogens with zero attached hydrogens (tertiary/aromatic N) is 3. The van der Waals surface area contributed by atoms with E-state index >= 15 is 0 Å². The van der Waals surface area contributed by atoms with E-state index in [1.807, 2.05) is 6.92 Å². The number of ether oxygens (including phenoxy) is 3. The summed E-state index contributed by atoms with van der Waals surface area (Å²) < 4.78 is 54.7. The third kappa shape index (κ3) is 7.43. The second-order valence-corrected chi connectivity index (χ2v) is 8.22. The van der Waals surface area contributed by atoms with Crippen LogP contribution in [-0.4, -0.2) is 46.2 Å². The fraction of sp³-hybridized carbons (Fsp3) is 0.524. The van der Waals surface area contributed by atoms with Gasteiger partial charge < -0.3 is 19.5 Å². The van der Waals surface area contributed by atoms with Gasteiger partial charge in [0.2, 0.25) is 17.7 Å². The molecular formula is C21H24ClF3N4O4. The zero-order valence-corrected chi connectivity index (χ0v) is 18.8. The highest BCUT2D eigenvalue weighted by molar-refractivity contribution is 6.33. The first-order valence-corrected chi connectivity index (χ1v) is 10.7. The van der Waals surface area contributed by atoms with E-state index in [9.17, 15) is 18.0 Å². The maximum atomic E-state index is 12.6. The van der Waals surface area contributed by atoms with Crippen molar-refractivity contribution in [1.82, 2.24) is 20.3 Å². The van der Waals surface area contributed by atoms with Gasteiger partial charge in [-0.1, -0.05) is 17.7 Å². The van der Waals surface area contributed by atoms with Gasteiger partial charge >= 0.3 is 6.18 Å². The van der Waals surface area contributed by atoms with E-state index in [2.05, 4.69) is 20.3 Å². The van der Waals surface area contributed by atoms with Crippen LogP contribution in [0.3, 0.4) is 0 Å². The highest BCUT2D eigenvalue weighted by Gasteiger charge is 2.32. The fourth-order valence-electron chi connectivity index (χ4n) is 3.18. The summed E-state index contributed by atoms with van der Waals surface area (Å²) in [5, 5.41) is 2.84. The van der Waals surface area contributed by atoms with Gasteiger partial charge in [-0.2, -0.15) is 13.2 Å². The number of alkyl halides is 3. The molecule has 8 nitrogen and oxygen atoms in total. The van der Waals surface area contributed by atoms with Crippen LogP contribution in [0, 0.1) is 5.92 Å². The molecule has 1 N–H and O–H groups in total. The van der Waals surface area contributed by atoms with Crippen LogP contribution in [0.1, 0.15) is 37.9 Å². The number of amides is 1. The minimum Gasteiger partial charge on any atom is -0.476 e. The van der Waals surface area contributed by atoms with Gasteiger partial charge in [-0.15, -0.1) is 0 Å². The number of pyridine rings is 1. The smallest absolute Gasteiger partial charge is 0.433 e. The van der Waals surface area contributed by atoms with Gasteiger partial charge in [0.1, 0.15) is 18.6 Å². The first kappa shape index (κ1) is 25.0. The lowest BCUT2D eigenvalue weighted by molar-refractivity contribution is -0.141. The molecule has 1 amide bonds. The Kier molecular flexibility index (Phi) is 8.30. The molecule has 0 bridgehead atoms. The standard InChI is InChI=1S/C21H24ClF3N4O4/c1-12(29-13(2)30)8-31-16-5-15(6-16)10-33-20-18(22)19(27-11-28-20)32-9-14-3-4-17(26-7-14)21(23,24)25/h3-4,7,11-12,15-16H,5-6,8-10H2,1-2H3,(H,29,30)/t12-,15-,16-/m0/s1. The summed E-state index contributed by atoms with van der Waals surface area (Å²) in [6, 6.07) is 2.11. The minimum atomic E-state index is -4.50. The lowest BCUT2D eigenvalue weighted by atomic mass is 9.83. The van der Waals surface area contributed by atoms with Crippen LogP contribution in [0.4, 0.5) is 13.2 Å². The summed E-state index contributed by atoms with van der Waals surface area (Å²) in [6.45, 7) is 4.12. The molecule has 33 heavy (non-hydrogen) atoms. The summed E-state index contributed by atoms with van der Waals surface area (Å²) in [5.74, 6) is 0.408. The van der Waals surface area contributed by atoms with Crippen molar-refractivity contribution in [2.24, 2.45) is 5.92 Å². The molecule has 0 aromatic carbocycles. The molecule has 0 unspecified atom stereocenters. The Morgan fingerprint density at radius 3 is 2.52 bits per heavy atom. The number of nitrogens with one attached hydrogen (secondary N) is 1. The van der Waals surface area contributed by atoms with Crippen LogP contribution in [0.15, 0.2) is 24.7 Å². The van der Waals surface area contributed by atoms with Crippen molar-refractivity contribution in [1.29, 1.82) is 0 Å². The van der Waals surface area contributed by atoms with Gasteiger partial charge in [0.25, 0.3) is 0 Å². The van der Waals surface area contributed by atoms with Crippen molar-refractivity contribution < 1.29 is 32.2 Å². The Bertz CT molecular complexity index is 940. The summed E-state index contributed by atoms with van der Waals surface area (Å²) in [5.41, 5.74) is -0.554. The molecule has 0 aliphatic heterocycles. The quantitative estimate of drug-likeness (QED) is 0.543. The zero-order valence-electron chi connectivity index (χ0n) is 18.1. The van der Waals surface area contributed by atoms with E-state index in [4.69, 9.17) is 25.8 Å². The third-order valence-corrected chi connectivity index (χ3v) is 5.22. The van der Waals surface area contributed by atoms with E-state index in [0.29, 0.717) is 18.8 Å². The number of aromatic nitrogens is 3. The summed E-state index contributed by atoms with van der Waals surface area (Å²) >= 11 is 6.26. The maximum Gasteiger partial charge on any atom is 0.433 e. The number of hydrogen-bond acceptors (Lipinski definition) is 7. The molecule has 0 spiro atoms. The molecular weight excluding hydrogens is 465 g/mol. The molecule has 1 aliphatic carbocycles. The number of carbonyl (C=O) groups is 1. The first-order valence-electron chi connectivity index (χ1n) is 10.3. The van der Waals surface area contributed by atoms with Crippen molar-refractivity contribution in [3.63, 3.8) is 0 Å². The van der Waals surface area contributed by atoms with Crippen LogP contribution in [-0.2, 0) is 22.3 Å². The van der Waals surface area contributed by atoms with E-state index in [1.165, 1.54) is 19.3 Å². The lowest BCUT2D eigenvalue weighted by Gasteiger charge is -2.35. The molecule has 3 rings (SSSR count). The highest BCUT2D eigenvalue weighted by Crippen LogP contribution is 2.34. The first-order chi connectivity index (χ1) is 15.6. The lowest BCUT2D eigenvalue weighted by Crippen LogP contribution is -2.40. The van der Waals surface area contributed by atoms with E-state index in [0.717, 1.165) is 25.1 Å². The number of halogens is 4. The van der Waals surface area contributed by atoms with Crippen LogP contribution in [0.5, 0.6) is 11.8 Å². The normalized spacial score (nSPS) is 18.8. The van der Waals surface area contributed by atoms with E-state index < -0.39 is 11.9 Å². The van der Waals surface area contributed by atoms with Crippen molar-refractivity contribution in [2.75, 3.05) is 13.2 Å². The van der Waals surface area contributed by atoms with Gasteiger partial charge in [-0.3, -0.25) is 9.78 Å². The molecule has 0 radical (unpaired) electrons. The molecule has 2 heterocycles. The Morgan fingerprint density at radius 1 is 1.21 bits per heavy atom. The van der Waals surface area contributed by atoms with Crippen molar-refractivity contribution in [3.05, 3.63) is 40.9 Å². The van der Waals surface area contributed by atoms with E-state index in [-0.39, 0.29) is 47.4 Å². The second-order valence-electron chi connectivity index (χ2n) is 7.84. The van der Waals surface area contributed by atoms with Crippen molar-refractivity contribution in [3.8, 4) is 11.8 Å². The fourth-order valence-corrected chi connectivity index (χ4v) is 3.39. The Balaban J connectivity index is 1.43. The Labute approximate surface area is 193 Å². The Hall–Kier alpha value is -2.66. The number of hydrogen-bond donors (Lipinski definition) is 1. The molecule has 2 aromatic rings. The molecule has 0 saturated heterocycles. The summed E-state index contributed by atoms with van der Waals surface area (Å²) in [6.07, 6.45) is -0.426. The third-order valence-electron chi connectivity index (χ3n) is 4.90. The minimum absolute atomic E-state index is 0.0468. The van der Waals surface area contributed by atoms with Crippen LogP contribution < -0.4 is 14.8 Å². The van der Waals surface area contributed by atoms with Crippen molar-refractivity contribution >= 4 is 17.5 Å². The average Bonchev–Trinajstić information content (AvgIpc) is 2.71. The van der Waals surface area contributed by atoms with Crippen LogP contribution in [0.2, 0.25) is 5.02 Å².